The van der Waals surface area contributed by atoms with E-state index < -0.39 is 0 Å². The van der Waals surface area contributed by atoms with Crippen molar-refractivity contribution in [3.05, 3.63) is 69.7 Å². The molecule has 2 aromatic rings. The molecule has 4 heteroatoms. The highest BCUT2D eigenvalue weighted by Gasteiger charge is 2.06. The van der Waals surface area contributed by atoms with Crippen molar-refractivity contribution in [1.29, 1.82) is 0 Å². The number of amides is 1. The highest BCUT2D eigenvalue weighted by molar-refractivity contribution is 9.12. The monoisotopic (exact) mass is 335 g/mol. The average molecular weight is 337 g/mol. The Morgan fingerprint density at radius 3 is 2.32 bits per heavy atom. The van der Waals surface area contributed by atoms with Gasteiger partial charge in [-0.2, -0.15) is 0 Å². The van der Waals surface area contributed by atoms with Crippen LogP contribution in [0.5, 0.6) is 0 Å². The molecule has 0 saturated carbocycles. The number of anilines is 1. The molecule has 19 heavy (non-hydrogen) atoms. The smallest absolute Gasteiger partial charge is 0.262 e. The zero-order chi connectivity index (χ0) is 13.7. The summed E-state index contributed by atoms with van der Waals surface area (Å²) >= 11 is 9.06. The van der Waals surface area contributed by atoms with Crippen LogP contribution < -0.4 is 5.32 Å². The van der Waals surface area contributed by atoms with E-state index in [1.165, 1.54) is 0 Å². The maximum Gasteiger partial charge on any atom is 0.262 e. The Bertz CT molecular complexity index is 593. The van der Waals surface area contributed by atoms with E-state index >= 15 is 0 Å². The van der Waals surface area contributed by atoms with Crippen LogP contribution in [0.15, 0.2) is 59.1 Å². The summed E-state index contributed by atoms with van der Waals surface area (Å²) < 4.78 is 0.466. The minimum absolute atomic E-state index is 0.203. The summed E-state index contributed by atoms with van der Waals surface area (Å²) in [5, 5.41) is 3.41. The zero-order valence-electron chi connectivity index (χ0n) is 9.94. The summed E-state index contributed by atoms with van der Waals surface area (Å²) in [5.74, 6) is -0.203. The molecule has 1 N–H and O–H groups in total. The van der Waals surface area contributed by atoms with Gasteiger partial charge in [0.25, 0.3) is 5.91 Å². The van der Waals surface area contributed by atoms with Crippen molar-refractivity contribution in [1.82, 2.24) is 0 Å². The van der Waals surface area contributed by atoms with E-state index in [1.807, 2.05) is 30.3 Å². The Kier molecular flexibility index (Phi) is 4.77. The minimum atomic E-state index is -0.203. The van der Waals surface area contributed by atoms with Crippen molar-refractivity contribution in [3.8, 4) is 0 Å². The van der Waals surface area contributed by atoms with Gasteiger partial charge in [-0.15, -0.1) is 0 Å². The van der Waals surface area contributed by atoms with Crippen molar-refractivity contribution in [3.63, 3.8) is 0 Å². The quantitative estimate of drug-likeness (QED) is 0.808. The molecule has 0 spiro atoms. The van der Waals surface area contributed by atoms with Gasteiger partial charge in [-0.1, -0.05) is 41.9 Å². The molecule has 2 aromatic carbocycles. The Morgan fingerprint density at radius 1 is 1.05 bits per heavy atom. The van der Waals surface area contributed by atoms with Crippen molar-refractivity contribution >= 4 is 45.2 Å². The van der Waals surface area contributed by atoms with Crippen LogP contribution in [0.4, 0.5) is 5.69 Å². The fourth-order valence-electron chi connectivity index (χ4n) is 1.49. The van der Waals surface area contributed by atoms with Crippen LogP contribution in [0, 0.1) is 0 Å². The van der Waals surface area contributed by atoms with E-state index in [1.54, 1.807) is 30.3 Å². The average Bonchev–Trinajstić information content (AvgIpc) is 2.42. The number of halogens is 2. The second kappa shape index (κ2) is 6.55. The third kappa shape index (κ3) is 4.23. The van der Waals surface area contributed by atoms with Crippen LogP contribution in [0.1, 0.15) is 5.56 Å². The summed E-state index contributed by atoms with van der Waals surface area (Å²) in [6.07, 6.45) is 1.77. The molecule has 0 bridgehead atoms. The van der Waals surface area contributed by atoms with Gasteiger partial charge in [-0.05, 0) is 51.8 Å². The molecule has 1 amide bonds. The standard InChI is InChI=1S/C15H11BrClNO/c16-14(10-11-4-2-1-3-5-11)15(19)18-13-8-6-12(17)7-9-13/h1-10H,(H,18,19)/b14-10-. The number of carbonyl (C=O) groups is 1. The number of nitrogens with one attached hydrogen (secondary N) is 1. The second-order valence-corrected chi connectivity index (χ2v) is 5.15. The lowest BCUT2D eigenvalue weighted by Crippen LogP contribution is -2.10. The molecule has 0 fully saturated rings. The summed E-state index contributed by atoms with van der Waals surface area (Å²) in [6.45, 7) is 0. The number of carbonyl (C=O) groups excluding carboxylic acids is 1. The molecular formula is C15H11BrClNO. The lowest BCUT2D eigenvalue weighted by atomic mass is 10.2. The third-order valence-corrected chi connectivity index (χ3v) is 3.25. The first kappa shape index (κ1) is 13.8. The second-order valence-electron chi connectivity index (χ2n) is 3.86. The largest absolute Gasteiger partial charge is 0.322 e. The number of hydrogen-bond donors (Lipinski definition) is 1. The maximum absolute atomic E-state index is 11.9. The Morgan fingerprint density at radius 2 is 1.68 bits per heavy atom. The van der Waals surface area contributed by atoms with Gasteiger partial charge >= 0.3 is 0 Å². The molecule has 0 heterocycles. The molecule has 0 aromatic heterocycles. The van der Waals surface area contributed by atoms with Gasteiger partial charge in [0, 0.05) is 10.7 Å². The number of rotatable bonds is 3. The van der Waals surface area contributed by atoms with Gasteiger partial charge in [-0.3, -0.25) is 4.79 Å². The molecule has 0 aliphatic carbocycles. The molecule has 2 nitrogen and oxygen atoms in total. The van der Waals surface area contributed by atoms with Crippen LogP contribution in [0.25, 0.3) is 6.08 Å². The molecule has 0 saturated heterocycles. The lowest BCUT2D eigenvalue weighted by Gasteiger charge is -2.04. The predicted molar refractivity (Wildman–Crippen MR) is 83.4 cm³/mol. The van der Waals surface area contributed by atoms with E-state index in [0.29, 0.717) is 15.2 Å². The first-order chi connectivity index (χ1) is 9.15. The predicted octanol–water partition coefficient (Wildman–Crippen LogP) is 4.71. The van der Waals surface area contributed by atoms with Crippen molar-refractivity contribution in [2.24, 2.45) is 0 Å². The molecule has 96 valence electrons. The fraction of sp³-hybridized carbons (Fsp3) is 0. The van der Waals surface area contributed by atoms with E-state index in [-0.39, 0.29) is 5.91 Å². The fourth-order valence-corrected chi connectivity index (χ4v) is 1.97. The number of benzene rings is 2. The van der Waals surface area contributed by atoms with E-state index in [4.69, 9.17) is 11.6 Å². The molecule has 0 aliphatic heterocycles. The highest BCUT2D eigenvalue weighted by atomic mass is 79.9. The van der Waals surface area contributed by atoms with Gasteiger partial charge in [0.2, 0.25) is 0 Å². The van der Waals surface area contributed by atoms with Crippen LogP contribution in [0.2, 0.25) is 5.02 Å². The molecule has 2 rings (SSSR count). The summed E-state index contributed by atoms with van der Waals surface area (Å²) in [4.78, 5) is 11.9. The van der Waals surface area contributed by atoms with E-state index in [0.717, 1.165) is 5.56 Å². The van der Waals surface area contributed by atoms with Gasteiger partial charge in [-0.25, -0.2) is 0 Å². The van der Waals surface area contributed by atoms with Gasteiger partial charge < -0.3 is 5.32 Å². The lowest BCUT2D eigenvalue weighted by molar-refractivity contribution is -0.112. The first-order valence-electron chi connectivity index (χ1n) is 5.64. The van der Waals surface area contributed by atoms with Crippen LogP contribution >= 0.6 is 27.5 Å². The van der Waals surface area contributed by atoms with Crippen molar-refractivity contribution in [2.45, 2.75) is 0 Å². The van der Waals surface area contributed by atoms with Gasteiger partial charge in [0.1, 0.15) is 0 Å². The highest BCUT2D eigenvalue weighted by Crippen LogP contribution is 2.17. The Balaban J connectivity index is 2.07. The summed E-state index contributed by atoms with van der Waals surface area (Å²) in [7, 11) is 0. The molecule has 0 unspecified atom stereocenters. The SMILES string of the molecule is O=C(Nc1ccc(Cl)cc1)/C(Br)=C/c1ccccc1. The molecule has 0 aliphatic rings. The van der Waals surface area contributed by atoms with Crippen molar-refractivity contribution < 1.29 is 4.79 Å². The van der Waals surface area contributed by atoms with Crippen LogP contribution in [0.3, 0.4) is 0 Å². The maximum atomic E-state index is 11.9. The molecule has 0 atom stereocenters. The van der Waals surface area contributed by atoms with Crippen molar-refractivity contribution in [2.75, 3.05) is 5.32 Å². The van der Waals surface area contributed by atoms with Gasteiger partial charge in [0.05, 0.1) is 4.48 Å². The summed E-state index contributed by atoms with van der Waals surface area (Å²) in [5.41, 5.74) is 1.66. The summed E-state index contributed by atoms with van der Waals surface area (Å²) in [6, 6.07) is 16.6. The Hall–Kier alpha value is -1.58. The minimum Gasteiger partial charge on any atom is -0.322 e. The topological polar surface area (TPSA) is 29.1 Å². The first-order valence-corrected chi connectivity index (χ1v) is 6.81. The normalized spacial score (nSPS) is 11.2. The van der Waals surface area contributed by atoms with Crippen LogP contribution in [-0.2, 0) is 4.79 Å². The third-order valence-electron chi connectivity index (χ3n) is 2.41. The number of hydrogen-bond acceptors (Lipinski definition) is 1. The van der Waals surface area contributed by atoms with Crippen LogP contribution in [-0.4, -0.2) is 5.91 Å². The van der Waals surface area contributed by atoms with E-state index in [2.05, 4.69) is 21.2 Å². The Labute approximate surface area is 125 Å². The van der Waals surface area contributed by atoms with Gasteiger partial charge in [0.15, 0.2) is 0 Å². The zero-order valence-corrected chi connectivity index (χ0v) is 12.3. The molecule has 0 radical (unpaired) electrons. The van der Waals surface area contributed by atoms with E-state index in [9.17, 15) is 4.79 Å². The molecular weight excluding hydrogens is 326 g/mol.